The number of alkyl halides is 2. The molecule has 1 heterocycles. The minimum Gasteiger partial charge on any atom is -0.316 e. The quantitative estimate of drug-likeness (QED) is 0.710. The number of rotatable bonds is 3. The van der Waals surface area contributed by atoms with Crippen LogP contribution in [0.25, 0.3) is 0 Å². The zero-order chi connectivity index (χ0) is 7.40. The Morgan fingerprint density at radius 2 is 2.18 bits per heavy atom. The largest absolute Gasteiger partial charge is 0.316 e. The molecule has 1 N–H and O–H groups in total. The van der Waals surface area contributed by atoms with Crippen molar-refractivity contribution in [3.63, 3.8) is 0 Å². The van der Waals surface area contributed by atoms with E-state index in [9.17, 15) is 8.78 Å². The van der Waals surface area contributed by atoms with Crippen molar-refractivity contribution in [1.29, 1.82) is 0 Å². The molecule has 0 unspecified atom stereocenters. The molecule has 1 aliphatic rings. The maximum atomic E-state index is 11.7. The fourth-order valence-electron chi connectivity index (χ4n) is 1.32. The Labute approximate surface area is 72.0 Å². The second-order valence-corrected chi connectivity index (χ2v) is 2.83. The van der Waals surface area contributed by atoms with Crippen molar-refractivity contribution in [3.8, 4) is 0 Å². The molecular weight excluding hydrogens is 172 g/mol. The van der Waals surface area contributed by atoms with E-state index in [4.69, 9.17) is 0 Å². The maximum absolute atomic E-state index is 11.7. The van der Waals surface area contributed by atoms with Crippen molar-refractivity contribution in [2.75, 3.05) is 13.1 Å². The summed E-state index contributed by atoms with van der Waals surface area (Å²) < 4.78 is 23.3. The second-order valence-electron chi connectivity index (χ2n) is 2.83. The third-order valence-electron chi connectivity index (χ3n) is 1.96. The highest BCUT2D eigenvalue weighted by Crippen LogP contribution is 2.16. The summed E-state index contributed by atoms with van der Waals surface area (Å²) in [5.41, 5.74) is 0. The molecule has 0 radical (unpaired) electrons. The van der Waals surface area contributed by atoms with E-state index in [0.717, 1.165) is 19.5 Å². The molecule has 0 aliphatic carbocycles. The van der Waals surface area contributed by atoms with E-state index in [0.29, 0.717) is 12.3 Å². The third-order valence-corrected chi connectivity index (χ3v) is 1.96. The molecule has 1 fully saturated rings. The van der Waals surface area contributed by atoms with Crippen molar-refractivity contribution >= 4 is 12.4 Å². The molecule has 1 saturated heterocycles. The molecule has 0 spiro atoms. The summed E-state index contributed by atoms with van der Waals surface area (Å²) in [6, 6.07) is 0. The van der Waals surface area contributed by atoms with Crippen molar-refractivity contribution < 1.29 is 8.78 Å². The Morgan fingerprint density at radius 3 is 2.64 bits per heavy atom. The molecule has 0 aromatic carbocycles. The summed E-state index contributed by atoms with van der Waals surface area (Å²) in [4.78, 5) is 0. The summed E-state index contributed by atoms with van der Waals surface area (Å²) in [6.45, 7) is 1.95. The predicted molar refractivity (Wildman–Crippen MR) is 43.5 cm³/mol. The van der Waals surface area contributed by atoms with Crippen LogP contribution in [0.1, 0.15) is 19.3 Å². The average Bonchev–Trinajstić information content (AvgIpc) is 2.34. The van der Waals surface area contributed by atoms with Crippen molar-refractivity contribution in [2.45, 2.75) is 25.7 Å². The third kappa shape index (κ3) is 4.53. The van der Waals surface area contributed by atoms with E-state index < -0.39 is 6.43 Å². The number of hydrogen-bond donors (Lipinski definition) is 1. The Morgan fingerprint density at radius 1 is 1.45 bits per heavy atom. The normalized spacial score (nSPS) is 23.7. The Kier molecular flexibility index (Phi) is 5.78. The van der Waals surface area contributed by atoms with Crippen LogP contribution in [0.15, 0.2) is 0 Å². The van der Waals surface area contributed by atoms with E-state index in [-0.39, 0.29) is 18.8 Å². The van der Waals surface area contributed by atoms with Gasteiger partial charge >= 0.3 is 0 Å². The fourth-order valence-corrected chi connectivity index (χ4v) is 1.32. The lowest BCUT2D eigenvalue weighted by Gasteiger charge is -2.05. The van der Waals surface area contributed by atoms with Gasteiger partial charge in [-0.15, -0.1) is 12.4 Å². The fraction of sp³-hybridized carbons (Fsp3) is 1.00. The molecular formula is C7H14ClF2N. The molecule has 1 atom stereocenters. The van der Waals surface area contributed by atoms with Crippen LogP contribution in [-0.2, 0) is 0 Å². The summed E-state index contributed by atoms with van der Waals surface area (Å²) in [6.07, 6.45) is -0.274. The molecule has 0 bridgehead atoms. The zero-order valence-electron chi connectivity index (χ0n) is 6.35. The zero-order valence-corrected chi connectivity index (χ0v) is 7.17. The van der Waals surface area contributed by atoms with Gasteiger partial charge in [-0.25, -0.2) is 8.78 Å². The summed E-state index contributed by atoms with van der Waals surface area (Å²) in [7, 11) is 0. The van der Waals surface area contributed by atoms with Crippen molar-refractivity contribution in [3.05, 3.63) is 0 Å². The van der Waals surface area contributed by atoms with Crippen molar-refractivity contribution in [2.24, 2.45) is 5.92 Å². The molecule has 1 aliphatic heterocycles. The van der Waals surface area contributed by atoms with Gasteiger partial charge in [-0.05, 0) is 31.8 Å². The SMILES string of the molecule is Cl.FC(F)CC[C@H]1CCNC1. The van der Waals surface area contributed by atoms with Crippen LogP contribution in [0.3, 0.4) is 0 Å². The number of halogens is 3. The minimum atomic E-state index is -2.11. The van der Waals surface area contributed by atoms with Crippen LogP contribution >= 0.6 is 12.4 Å². The van der Waals surface area contributed by atoms with Gasteiger partial charge in [-0.2, -0.15) is 0 Å². The summed E-state index contributed by atoms with van der Waals surface area (Å²) in [5.74, 6) is 0.508. The van der Waals surface area contributed by atoms with Crippen LogP contribution in [0, 0.1) is 5.92 Å². The van der Waals surface area contributed by atoms with E-state index in [1.54, 1.807) is 0 Å². The van der Waals surface area contributed by atoms with Crippen LogP contribution in [0.2, 0.25) is 0 Å². The van der Waals surface area contributed by atoms with Gasteiger partial charge < -0.3 is 5.32 Å². The lowest BCUT2D eigenvalue weighted by Crippen LogP contribution is -2.09. The molecule has 1 rings (SSSR count). The van der Waals surface area contributed by atoms with Crippen LogP contribution < -0.4 is 5.32 Å². The molecule has 4 heteroatoms. The first-order valence-corrected chi connectivity index (χ1v) is 3.78. The molecule has 68 valence electrons. The molecule has 0 aromatic heterocycles. The van der Waals surface area contributed by atoms with Gasteiger partial charge in [-0.1, -0.05) is 0 Å². The van der Waals surface area contributed by atoms with Gasteiger partial charge in [0.2, 0.25) is 6.43 Å². The average molecular weight is 186 g/mol. The summed E-state index contributed by atoms with van der Waals surface area (Å²) in [5, 5.41) is 3.15. The highest BCUT2D eigenvalue weighted by Gasteiger charge is 2.15. The lowest BCUT2D eigenvalue weighted by molar-refractivity contribution is 0.128. The first-order valence-electron chi connectivity index (χ1n) is 3.78. The first kappa shape index (κ1) is 11.1. The number of hydrogen-bond acceptors (Lipinski definition) is 1. The highest BCUT2D eigenvalue weighted by molar-refractivity contribution is 5.85. The Bertz CT molecular complexity index is 94.4. The van der Waals surface area contributed by atoms with Crippen molar-refractivity contribution in [1.82, 2.24) is 5.32 Å². The maximum Gasteiger partial charge on any atom is 0.238 e. The molecule has 0 aromatic rings. The first-order chi connectivity index (χ1) is 4.79. The number of nitrogens with one attached hydrogen (secondary N) is 1. The predicted octanol–water partition coefficient (Wildman–Crippen LogP) is 2.06. The molecule has 0 saturated carbocycles. The van der Waals surface area contributed by atoms with E-state index in [2.05, 4.69) is 5.32 Å². The van der Waals surface area contributed by atoms with E-state index in [1.807, 2.05) is 0 Å². The van der Waals surface area contributed by atoms with Gasteiger partial charge in [0.05, 0.1) is 0 Å². The highest BCUT2D eigenvalue weighted by atomic mass is 35.5. The van der Waals surface area contributed by atoms with Gasteiger partial charge in [0.25, 0.3) is 0 Å². The minimum absolute atomic E-state index is 0. The van der Waals surface area contributed by atoms with Crippen LogP contribution in [0.4, 0.5) is 8.78 Å². The second kappa shape index (κ2) is 5.72. The van der Waals surface area contributed by atoms with E-state index in [1.165, 1.54) is 0 Å². The van der Waals surface area contributed by atoms with Crippen LogP contribution in [-0.4, -0.2) is 19.5 Å². The molecule has 1 nitrogen and oxygen atoms in total. The molecule has 0 amide bonds. The van der Waals surface area contributed by atoms with Crippen LogP contribution in [0.5, 0.6) is 0 Å². The Hall–Kier alpha value is 0.110. The smallest absolute Gasteiger partial charge is 0.238 e. The van der Waals surface area contributed by atoms with Gasteiger partial charge in [0, 0.05) is 6.42 Å². The summed E-state index contributed by atoms with van der Waals surface area (Å²) >= 11 is 0. The Balaban J connectivity index is 0.000001000. The molecule has 11 heavy (non-hydrogen) atoms. The standard InChI is InChI=1S/C7H13F2N.ClH/c8-7(9)2-1-6-3-4-10-5-6;/h6-7,10H,1-5H2;1H/t6-;/m0./s1. The lowest BCUT2D eigenvalue weighted by atomic mass is 10.0. The van der Waals surface area contributed by atoms with Gasteiger partial charge in [0.15, 0.2) is 0 Å². The monoisotopic (exact) mass is 185 g/mol. The van der Waals surface area contributed by atoms with Gasteiger partial charge in [-0.3, -0.25) is 0 Å². The van der Waals surface area contributed by atoms with Gasteiger partial charge in [0.1, 0.15) is 0 Å². The van der Waals surface area contributed by atoms with E-state index >= 15 is 0 Å². The topological polar surface area (TPSA) is 12.0 Å².